The van der Waals surface area contributed by atoms with Crippen LogP contribution in [0.3, 0.4) is 0 Å². The molecule has 1 aliphatic rings. The van der Waals surface area contributed by atoms with Crippen LogP contribution in [0.4, 0.5) is 18.9 Å². The zero-order valence-electron chi connectivity index (χ0n) is 22.4. The van der Waals surface area contributed by atoms with Gasteiger partial charge in [0.15, 0.2) is 0 Å². The summed E-state index contributed by atoms with van der Waals surface area (Å²) in [5.41, 5.74) is 7.82. The first-order valence-electron chi connectivity index (χ1n) is 12.1. The number of nitrogens with zero attached hydrogens (tertiary/aromatic N) is 1. The summed E-state index contributed by atoms with van der Waals surface area (Å²) in [5.74, 6) is -3.28. The number of oxime groups is 1. The molecule has 12 nitrogen and oxygen atoms in total. The number of amidine groups is 1. The molecular weight excluding hydrogens is 595 g/mol. The second kappa shape index (κ2) is 13.0. The van der Waals surface area contributed by atoms with Crippen LogP contribution in [-0.2, 0) is 29.2 Å². The van der Waals surface area contributed by atoms with E-state index < -0.39 is 33.7 Å². The van der Waals surface area contributed by atoms with Gasteiger partial charge in [0.1, 0.15) is 5.97 Å². The van der Waals surface area contributed by atoms with Gasteiger partial charge in [-0.05, 0) is 35.9 Å². The third-order valence-corrected chi connectivity index (χ3v) is 6.95. The highest BCUT2D eigenvalue weighted by Gasteiger charge is 2.47. The lowest BCUT2D eigenvalue weighted by atomic mass is 9.93. The zero-order chi connectivity index (χ0) is 32.0. The Morgan fingerprint density at radius 1 is 1.09 bits per heavy atom. The lowest BCUT2D eigenvalue weighted by Crippen LogP contribution is -2.47. The molecule has 1 aliphatic heterocycles. The summed E-state index contributed by atoms with van der Waals surface area (Å²) >= 11 is 0. The summed E-state index contributed by atoms with van der Waals surface area (Å²) in [6, 6.07) is 20.3. The number of amides is 1. The molecule has 0 spiro atoms. The molecule has 228 valence electrons. The van der Waals surface area contributed by atoms with Crippen molar-refractivity contribution in [1.82, 2.24) is 0 Å². The van der Waals surface area contributed by atoms with Crippen LogP contribution in [-0.4, -0.2) is 57.3 Å². The molecular formula is C27H26F3N5O7S. The number of ether oxygens (including phenoxy) is 1. The molecule has 43 heavy (non-hydrogen) atoms. The number of nitrogens with two attached hydrogens (primary N) is 3. The normalized spacial score (nSPS) is 16.3. The quantitative estimate of drug-likeness (QED) is 0.197. The van der Waals surface area contributed by atoms with Gasteiger partial charge in [-0.25, -0.2) is 13.6 Å². The van der Waals surface area contributed by atoms with Crippen molar-refractivity contribution in [3.63, 3.8) is 0 Å². The summed E-state index contributed by atoms with van der Waals surface area (Å²) in [7, 11) is -2.43. The van der Waals surface area contributed by atoms with Crippen molar-refractivity contribution in [3.05, 3.63) is 83.9 Å². The second-order valence-corrected chi connectivity index (χ2v) is 10.7. The van der Waals surface area contributed by atoms with Crippen LogP contribution < -0.4 is 26.7 Å². The van der Waals surface area contributed by atoms with E-state index in [0.717, 1.165) is 5.56 Å². The number of methoxy groups -OCH3 is 1. The van der Waals surface area contributed by atoms with Crippen LogP contribution in [0.15, 0.2) is 82.8 Å². The minimum Gasteiger partial charge on any atom is -0.542 e. The van der Waals surface area contributed by atoms with Crippen molar-refractivity contribution in [2.75, 3.05) is 19.0 Å². The summed E-state index contributed by atoms with van der Waals surface area (Å²) in [5, 5.41) is 26.8. The number of anilines is 1. The fourth-order valence-electron chi connectivity index (χ4n) is 3.94. The highest BCUT2D eigenvalue weighted by atomic mass is 32.2. The predicted octanol–water partition coefficient (Wildman–Crippen LogP) is -0.0877. The Morgan fingerprint density at radius 2 is 1.72 bits per heavy atom. The number of primary sulfonamides is 1. The molecule has 0 saturated carbocycles. The van der Waals surface area contributed by atoms with E-state index in [1.54, 1.807) is 60.7 Å². The van der Waals surface area contributed by atoms with Gasteiger partial charge in [-0.1, -0.05) is 47.6 Å². The monoisotopic (exact) mass is 621 g/mol. The molecule has 1 unspecified atom stereocenters. The van der Waals surface area contributed by atoms with Crippen molar-refractivity contribution in [2.24, 2.45) is 16.0 Å². The molecule has 1 amide bonds. The number of carboxylic acids is 1. The molecule has 16 heteroatoms. The van der Waals surface area contributed by atoms with Crippen molar-refractivity contribution in [2.45, 2.75) is 23.1 Å². The topological polar surface area (TPSA) is 212 Å². The highest BCUT2D eigenvalue weighted by Crippen LogP contribution is 2.31. The fourth-order valence-corrected chi connectivity index (χ4v) is 4.70. The first-order valence-corrected chi connectivity index (χ1v) is 13.7. The Labute approximate surface area is 243 Å². The summed E-state index contributed by atoms with van der Waals surface area (Å²) in [4.78, 5) is 27.7. The predicted molar refractivity (Wildman–Crippen MR) is 146 cm³/mol. The Bertz CT molecular complexity index is 1660. The number of alkyl halides is 3. The number of sulfonamides is 1. The molecule has 0 aliphatic carbocycles. The molecule has 0 bridgehead atoms. The van der Waals surface area contributed by atoms with Crippen LogP contribution >= 0.6 is 0 Å². The molecule has 0 aromatic heterocycles. The lowest BCUT2D eigenvalue weighted by molar-refractivity contribution is -0.344. The smallest absolute Gasteiger partial charge is 0.430 e. The molecule has 0 fully saturated rings. The van der Waals surface area contributed by atoms with E-state index in [-0.39, 0.29) is 23.8 Å². The largest absolute Gasteiger partial charge is 0.542 e. The molecule has 0 saturated heterocycles. The third kappa shape index (κ3) is 8.15. The number of aliphatic carboxylic acids is 1. The number of carboxylic acid groups (broad SMARTS) is 1. The van der Waals surface area contributed by atoms with E-state index in [2.05, 4.69) is 10.5 Å². The number of hydrogen-bond acceptors (Lipinski definition) is 8. The number of nitrogens with one attached hydrogen (secondary N) is 1. The Balaban J connectivity index is 0.000000646. The Kier molecular flexibility index (Phi) is 9.90. The van der Waals surface area contributed by atoms with Crippen LogP contribution in [0.25, 0.3) is 11.1 Å². The minimum absolute atomic E-state index is 0.0166. The van der Waals surface area contributed by atoms with Crippen LogP contribution in [0.5, 0.6) is 0 Å². The lowest BCUT2D eigenvalue weighted by Gasteiger charge is -2.24. The summed E-state index contributed by atoms with van der Waals surface area (Å²) in [6.07, 6.45) is -5.03. The van der Waals surface area contributed by atoms with E-state index in [1.807, 2.05) is 6.07 Å². The zero-order valence-corrected chi connectivity index (χ0v) is 23.2. The SMILES string of the molecule is COCC1(C(=O)Nc2ccc(-c3ccccc3S(N)(=O)=O)cc2)CC(c2cccc(C(N)=[NH2+])c2)=NO1.O=C([O-])C(F)(F)F. The molecule has 3 aromatic carbocycles. The van der Waals surface area contributed by atoms with E-state index >= 15 is 0 Å². The van der Waals surface area contributed by atoms with Gasteiger partial charge in [-0.15, -0.1) is 0 Å². The maximum absolute atomic E-state index is 13.3. The van der Waals surface area contributed by atoms with Gasteiger partial charge in [-0.3, -0.25) is 15.9 Å². The van der Waals surface area contributed by atoms with E-state index in [9.17, 15) is 26.4 Å². The maximum atomic E-state index is 13.3. The molecule has 0 radical (unpaired) electrons. The minimum atomic E-state index is -5.19. The number of benzene rings is 3. The number of rotatable bonds is 8. The van der Waals surface area contributed by atoms with E-state index in [0.29, 0.717) is 28.1 Å². The van der Waals surface area contributed by atoms with Crippen LogP contribution in [0.1, 0.15) is 17.5 Å². The third-order valence-electron chi connectivity index (χ3n) is 5.98. The number of hydrogen-bond donors (Lipinski definition) is 4. The van der Waals surface area contributed by atoms with E-state index in [1.165, 1.54) is 13.2 Å². The Morgan fingerprint density at radius 3 is 2.28 bits per heavy atom. The van der Waals surface area contributed by atoms with Crippen molar-refractivity contribution in [3.8, 4) is 11.1 Å². The molecule has 7 N–H and O–H groups in total. The summed E-state index contributed by atoms with van der Waals surface area (Å²) < 4.78 is 60.7. The number of carbonyl (C=O) groups excluding carboxylic acids is 2. The van der Waals surface area contributed by atoms with Crippen LogP contribution in [0, 0.1) is 0 Å². The van der Waals surface area contributed by atoms with E-state index in [4.69, 9.17) is 35.8 Å². The van der Waals surface area contributed by atoms with Gasteiger partial charge < -0.3 is 24.8 Å². The number of halogens is 3. The fraction of sp³-hybridized carbons (Fsp3) is 0.185. The van der Waals surface area contributed by atoms with Crippen molar-refractivity contribution >= 4 is 39.1 Å². The molecule has 3 aromatic rings. The average molecular weight is 622 g/mol. The molecule has 1 heterocycles. The van der Waals surface area contributed by atoms with Crippen LogP contribution in [0.2, 0.25) is 0 Å². The van der Waals surface area contributed by atoms with Gasteiger partial charge in [0.25, 0.3) is 11.7 Å². The number of carbonyl (C=O) groups is 2. The van der Waals surface area contributed by atoms with Gasteiger partial charge in [-0.2, -0.15) is 13.2 Å². The molecule has 1 atom stereocenters. The highest BCUT2D eigenvalue weighted by molar-refractivity contribution is 7.89. The van der Waals surface area contributed by atoms with Crippen molar-refractivity contribution < 1.29 is 51.3 Å². The average Bonchev–Trinajstić information content (AvgIpc) is 3.39. The second-order valence-electron chi connectivity index (χ2n) is 9.13. The van der Waals surface area contributed by atoms with Crippen molar-refractivity contribution in [1.29, 1.82) is 0 Å². The molecule has 4 rings (SSSR count). The van der Waals surface area contributed by atoms with Gasteiger partial charge in [0, 0.05) is 30.3 Å². The van der Waals surface area contributed by atoms with Gasteiger partial charge in [0.2, 0.25) is 15.6 Å². The standard InChI is InChI=1S/C25H25N5O5S.C2HF3O2/c1-34-15-25(14-21(30-35-25)17-5-4-6-18(13-17)23(26)27)24(31)29-19-11-9-16(10-12-19)20-7-2-3-8-22(20)36(28,32)33;3-2(4,5)1(6)7/h2-13H,14-15H2,1H3,(H3,26,27)(H,29,31)(H2,28,32,33);(H,6,7). The van der Waals surface area contributed by atoms with Gasteiger partial charge in [0.05, 0.1) is 22.8 Å². The first-order chi connectivity index (χ1) is 20.1. The first kappa shape index (κ1) is 32.7. The maximum Gasteiger partial charge on any atom is 0.430 e. The Hall–Kier alpha value is -4.80. The summed E-state index contributed by atoms with van der Waals surface area (Å²) in [6.45, 7) is -0.0313. The van der Waals surface area contributed by atoms with Gasteiger partial charge >= 0.3 is 6.18 Å².